The van der Waals surface area contributed by atoms with Crippen molar-refractivity contribution in [3.8, 4) is 5.88 Å². The molecule has 6 nitrogen and oxygen atoms in total. The number of rotatable bonds is 7. The van der Waals surface area contributed by atoms with Gasteiger partial charge in [0, 0.05) is 11.9 Å². The predicted octanol–water partition coefficient (Wildman–Crippen LogP) is 2.47. The van der Waals surface area contributed by atoms with Crippen LogP contribution >= 0.6 is 0 Å². The van der Waals surface area contributed by atoms with Crippen LogP contribution in [-0.4, -0.2) is 27.7 Å². The van der Waals surface area contributed by atoms with Gasteiger partial charge in [0.05, 0.1) is 17.9 Å². The van der Waals surface area contributed by atoms with E-state index < -0.39 is 11.7 Å². The lowest BCUT2D eigenvalue weighted by molar-refractivity contribution is -0.114. The number of nitrogens with two attached hydrogens (primary N) is 1. The average Bonchev–Trinajstić information content (AvgIpc) is 2.78. The number of nitrogens with zero attached hydrogens (tertiary/aromatic N) is 2. The number of fused-ring (bicyclic) bond motifs is 1. The minimum absolute atomic E-state index is 0.330. The summed E-state index contributed by atoms with van der Waals surface area (Å²) in [5, 5.41) is 0. The molecular formula is C18H25N3O3. The third kappa shape index (κ3) is 3.13. The fourth-order valence-corrected chi connectivity index (χ4v) is 3.09. The zero-order valence-electron chi connectivity index (χ0n) is 15.0. The van der Waals surface area contributed by atoms with Crippen molar-refractivity contribution in [3.63, 3.8) is 0 Å². The van der Waals surface area contributed by atoms with Crippen LogP contribution in [0.25, 0.3) is 5.52 Å². The van der Waals surface area contributed by atoms with Crippen molar-refractivity contribution in [2.75, 3.05) is 6.61 Å². The van der Waals surface area contributed by atoms with Crippen LogP contribution in [0.1, 0.15) is 55.0 Å². The van der Waals surface area contributed by atoms with Crippen molar-refractivity contribution < 1.29 is 14.3 Å². The number of aromatic nitrogens is 2. The van der Waals surface area contributed by atoms with Gasteiger partial charge in [-0.25, -0.2) is 4.98 Å². The van der Waals surface area contributed by atoms with Gasteiger partial charge in [-0.2, -0.15) is 0 Å². The Bertz CT molecular complexity index is 791. The highest BCUT2D eigenvalue weighted by atomic mass is 16.5. The first-order valence-electron chi connectivity index (χ1n) is 8.32. The molecule has 1 amide bonds. The molecule has 0 saturated heterocycles. The molecule has 0 aromatic carbocycles. The monoisotopic (exact) mass is 331 g/mol. The van der Waals surface area contributed by atoms with Crippen LogP contribution in [0.5, 0.6) is 5.88 Å². The van der Waals surface area contributed by atoms with Crippen LogP contribution in [0, 0.1) is 12.8 Å². The minimum atomic E-state index is -0.960. The molecule has 2 heterocycles. The smallest absolute Gasteiger partial charge is 0.289 e. The second-order valence-electron chi connectivity index (χ2n) is 6.28. The third-order valence-electron chi connectivity index (χ3n) is 3.89. The molecule has 24 heavy (non-hydrogen) atoms. The summed E-state index contributed by atoms with van der Waals surface area (Å²) in [4.78, 5) is 28.6. The van der Waals surface area contributed by atoms with Crippen LogP contribution in [0.4, 0.5) is 0 Å². The molecule has 2 N–H and O–H groups in total. The average molecular weight is 331 g/mol. The summed E-state index contributed by atoms with van der Waals surface area (Å²) in [6, 6.07) is 0. The van der Waals surface area contributed by atoms with Gasteiger partial charge in [0.15, 0.2) is 0 Å². The molecular weight excluding hydrogens is 306 g/mol. The second-order valence-corrected chi connectivity index (χ2v) is 6.28. The van der Waals surface area contributed by atoms with Gasteiger partial charge in [-0.05, 0) is 38.2 Å². The largest absolute Gasteiger partial charge is 0.476 e. The van der Waals surface area contributed by atoms with E-state index in [1.807, 2.05) is 31.4 Å². The van der Waals surface area contributed by atoms with Crippen molar-refractivity contribution in [2.24, 2.45) is 11.7 Å². The number of ketones is 1. The number of primary amides is 1. The fourth-order valence-electron chi connectivity index (χ4n) is 3.09. The van der Waals surface area contributed by atoms with Crippen molar-refractivity contribution in [1.82, 2.24) is 9.38 Å². The van der Waals surface area contributed by atoms with E-state index in [-0.39, 0.29) is 0 Å². The van der Waals surface area contributed by atoms with Crippen LogP contribution in [0.2, 0.25) is 0 Å². The number of ether oxygens (including phenoxy) is 1. The Labute approximate surface area is 142 Å². The number of hydrogen-bond donors (Lipinski definition) is 1. The first-order valence-corrected chi connectivity index (χ1v) is 8.32. The van der Waals surface area contributed by atoms with Gasteiger partial charge in [0.25, 0.3) is 11.7 Å². The van der Waals surface area contributed by atoms with Gasteiger partial charge in [0.2, 0.25) is 5.88 Å². The lowest BCUT2D eigenvalue weighted by Gasteiger charge is -2.08. The molecule has 0 atom stereocenters. The van der Waals surface area contributed by atoms with Gasteiger partial charge >= 0.3 is 0 Å². The Kier molecular flexibility index (Phi) is 5.26. The second kappa shape index (κ2) is 7.03. The topological polar surface area (TPSA) is 86.7 Å². The van der Waals surface area contributed by atoms with E-state index >= 15 is 0 Å². The Morgan fingerprint density at radius 3 is 2.50 bits per heavy atom. The standard InChI is InChI=1S/C18H25N3O3/c1-6-13-12(8-10(3)4)14(16(22)17(19)23)15-18(24-7-2)20-11(5)9-21(13)15/h9-10H,6-8H2,1-5H3,(H2,19,23). The highest BCUT2D eigenvalue weighted by Crippen LogP contribution is 2.32. The number of carbonyl (C=O) groups is 2. The highest BCUT2D eigenvalue weighted by molar-refractivity contribution is 6.44. The van der Waals surface area contributed by atoms with E-state index in [4.69, 9.17) is 10.5 Å². The number of aryl methyl sites for hydroxylation is 2. The van der Waals surface area contributed by atoms with Crippen molar-refractivity contribution in [3.05, 3.63) is 28.7 Å². The summed E-state index contributed by atoms with van der Waals surface area (Å²) in [6.07, 6.45) is 3.28. The molecule has 0 aliphatic heterocycles. The summed E-state index contributed by atoms with van der Waals surface area (Å²) >= 11 is 0. The molecule has 0 bridgehead atoms. The van der Waals surface area contributed by atoms with Crippen molar-refractivity contribution in [2.45, 2.75) is 47.5 Å². The Morgan fingerprint density at radius 2 is 2.00 bits per heavy atom. The van der Waals surface area contributed by atoms with E-state index in [0.717, 1.165) is 23.4 Å². The van der Waals surface area contributed by atoms with Gasteiger partial charge < -0.3 is 14.9 Å². The lowest BCUT2D eigenvalue weighted by atomic mass is 9.95. The van der Waals surface area contributed by atoms with Gasteiger partial charge in [-0.3, -0.25) is 9.59 Å². The Hall–Kier alpha value is -2.37. The first kappa shape index (κ1) is 18.0. The molecule has 0 saturated carbocycles. The SMILES string of the molecule is CCOc1nc(C)cn2c(CC)c(CC(C)C)c(C(=O)C(N)=O)c12. The van der Waals surface area contributed by atoms with E-state index in [0.29, 0.717) is 35.9 Å². The summed E-state index contributed by atoms with van der Waals surface area (Å²) in [6.45, 7) is 10.3. The summed E-state index contributed by atoms with van der Waals surface area (Å²) < 4.78 is 7.58. The molecule has 2 rings (SSSR count). The van der Waals surface area contributed by atoms with Gasteiger partial charge in [0.1, 0.15) is 5.52 Å². The maximum absolute atomic E-state index is 12.6. The van der Waals surface area contributed by atoms with E-state index in [1.54, 1.807) is 0 Å². The number of hydrogen-bond acceptors (Lipinski definition) is 4. The lowest BCUT2D eigenvalue weighted by Crippen LogP contribution is -2.24. The summed E-state index contributed by atoms with van der Waals surface area (Å²) in [7, 11) is 0. The molecule has 0 spiro atoms. The van der Waals surface area contributed by atoms with Crippen LogP contribution in [0.3, 0.4) is 0 Å². The fraction of sp³-hybridized carbons (Fsp3) is 0.500. The summed E-state index contributed by atoms with van der Waals surface area (Å²) in [5.74, 6) is -0.948. The molecule has 0 aliphatic carbocycles. The maximum atomic E-state index is 12.6. The third-order valence-corrected chi connectivity index (χ3v) is 3.89. The zero-order valence-corrected chi connectivity index (χ0v) is 15.0. The molecule has 0 fully saturated rings. The number of amides is 1. The molecule has 0 aliphatic rings. The van der Waals surface area contributed by atoms with Crippen LogP contribution in [0.15, 0.2) is 6.20 Å². The molecule has 6 heteroatoms. The zero-order chi connectivity index (χ0) is 18.0. The van der Waals surface area contributed by atoms with Crippen molar-refractivity contribution in [1.29, 1.82) is 0 Å². The van der Waals surface area contributed by atoms with E-state index in [2.05, 4.69) is 18.8 Å². The molecule has 0 radical (unpaired) electrons. The quantitative estimate of drug-likeness (QED) is 0.624. The van der Waals surface area contributed by atoms with Crippen molar-refractivity contribution >= 4 is 17.2 Å². The van der Waals surface area contributed by atoms with Crippen LogP contribution in [-0.2, 0) is 17.6 Å². The molecule has 130 valence electrons. The minimum Gasteiger partial charge on any atom is -0.476 e. The number of Topliss-reactive ketones (excluding diaryl/α,β-unsaturated/α-hetero) is 1. The Morgan fingerprint density at radius 1 is 1.33 bits per heavy atom. The molecule has 0 unspecified atom stereocenters. The van der Waals surface area contributed by atoms with Gasteiger partial charge in [-0.1, -0.05) is 20.8 Å². The summed E-state index contributed by atoms with van der Waals surface area (Å²) in [5.41, 5.74) is 8.82. The highest BCUT2D eigenvalue weighted by Gasteiger charge is 2.29. The normalized spacial score (nSPS) is 11.2. The number of carbonyl (C=O) groups excluding carboxylic acids is 2. The Balaban J connectivity index is 2.95. The molecule has 2 aromatic heterocycles. The van der Waals surface area contributed by atoms with Crippen LogP contribution < -0.4 is 10.5 Å². The van der Waals surface area contributed by atoms with E-state index in [1.165, 1.54) is 0 Å². The molecule has 2 aromatic rings. The van der Waals surface area contributed by atoms with E-state index in [9.17, 15) is 9.59 Å². The maximum Gasteiger partial charge on any atom is 0.289 e. The predicted molar refractivity (Wildman–Crippen MR) is 92.5 cm³/mol. The first-order chi connectivity index (χ1) is 11.3. The van der Waals surface area contributed by atoms with Gasteiger partial charge in [-0.15, -0.1) is 0 Å².